The minimum atomic E-state index is -0.532. The summed E-state index contributed by atoms with van der Waals surface area (Å²) in [7, 11) is 0. The number of hydrogen-bond acceptors (Lipinski definition) is 2. The number of amides is 2. The molecule has 0 heterocycles. The molecule has 136 valence electrons. The number of halogens is 2. The number of carbonyl (C=O) groups excluding carboxylic acids is 2. The van der Waals surface area contributed by atoms with Crippen LogP contribution < -0.4 is 10.6 Å². The van der Waals surface area contributed by atoms with Gasteiger partial charge in [-0.3, -0.25) is 9.59 Å². The average molecular weight is 366 g/mol. The molecule has 2 amide bonds. The van der Waals surface area contributed by atoms with Crippen LogP contribution >= 0.6 is 0 Å². The molecule has 2 N–H and O–H groups in total. The smallest absolute Gasteiger partial charge is 0.255 e. The Morgan fingerprint density at radius 2 is 1.26 bits per heavy atom. The van der Waals surface area contributed by atoms with E-state index < -0.39 is 17.5 Å². The van der Waals surface area contributed by atoms with Crippen molar-refractivity contribution in [3.8, 4) is 0 Å². The predicted molar refractivity (Wildman–Crippen MR) is 98.4 cm³/mol. The molecule has 0 aromatic heterocycles. The van der Waals surface area contributed by atoms with Gasteiger partial charge in [0.1, 0.15) is 11.6 Å². The lowest BCUT2D eigenvalue weighted by Crippen LogP contribution is -2.23. The number of carbonyl (C=O) groups is 2. The third-order valence-corrected chi connectivity index (χ3v) is 3.93. The maximum absolute atomic E-state index is 13.6. The zero-order valence-corrected chi connectivity index (χ0v) is 14.2. The standard InChI is InChI=1S/C21H16F2N2O2/c22-17-6-2-1-5-16(17)13-24-20(26)14-9-11-15(12-10-14)21(27)25-19-8-4-3-7-18(19)23/h1-12H,13H2,(H,24,26)(H,25,27). The molecule has 0 unspecified atom stereocenters. The summed E-state index contributed by atoms with van der Waals surface area (Å²) in [5.41, 5.74) is 1.07. The highest BCUT2D eigenvalue weighted by Crippen LogP contribution is 2.14. The van der Waals surface area contributed by atoms with Crippen LogP contribution in [-0.2, 0) is 6.54 Å². The molecule has 3 aromatic carbocycles. The first-order chi connectivity index (χ1) is 13.0. The second-order valence-corrected chi connectivity index (χ2v) is 5.79. The number of rotatable bonds is 5. The van der Waals surface area contributed by atoms with E-state index in [0.29, 0.717) is 11.1 Å². The minimum absolute atomic E-state index is 0.0566. The van der Waals surface area contributed by atoms with Crippen LogP contribution in [0.2, 0.25) is 0 Å². The normalized spacial score (nSPS) is 10.3. The second-order valence-electron chi connectivity index (χ2n) is 5.79. The fourth-order valence-electron chi connectivity index (χ4n) is 2.45. The van der Waals surface area contributed by atoms with Gasteiger partial charge in [-0.2, -0.15) is 0 Å². The maximum atomic E-state index is 13.6. The molecule has 0 bridgehead atoms. The molecule has 0 atom stereocenters. The summed E-state index contributed by atoms with van der Waals surface area (Å²) >= 11 is 0. The lowest BCUT2D eigenvalue weighted by molar-refractivity contribution is 0.0948. The Labute approximate surface area is 154 Å². The van der Waals surface area contributed by atoms with Gasteiger partial charge in [-0.25, -0.2) is 8.78 Å². The van der Waals surface area contributed by atoms with Crippen molar-refractivity contribution in [2.24, 2.45) is 0 Å². The Morgan fingerprint density at radius 3 is 1.89 bits per heavy atom. The van der Waals surface area contributed by atoms with Crippen molar-refractivity contribution in [1.29, 1.82) is 0 Å². The van der Waals surface area contributed by atoms with Gasteiger partial charge in [-0.05, 0) is 42.5 Å². The average Bonchev–Trinajstić information content (AvgIpc) is 2.69. The third-order valence-electron chi connectivity index (χ3n) is 3.93. The van der Waals surface area contributed by atoms with Gasteiger partial charge in [-0.1, -0.05) is 30.3 Å². The zero-order valence-electron chi connectivity index (χ0n) is 14.2. The van der Waals surface area contributed by atoms with Crippen LogP contribution in [0.15, 0.2) is 72.8 Å². The molecule has 0 radical (unpaired) electrons. The SMILES string of the molecule is O=C(NCc1ccccc1F)c1ccc(C(=O)Nc2ccccc2F)cc1. The summed E-state index contributed by atoms with van der Waals surface area (Å²) in [6.07, 6.45) is 0. The van der Waals surface area contributed by atoms with Gasteiger partial charge in [0.25, 0.3) is 11.8 Å². The van der Waals surface area contributed by atoms with E-state index in [2.05, 4.69) is 10.6 Å². The fraction of sp³-hybridized carbons (Fsp3) is 0.0476. The summed E-state index contributed by atoms with van der Waals surface area (Å²) in [4.78, 5) is 24.3. The molecule has 0 aliphatic heterocycles. The van der Waals surface area contributed by atoms with E-state index in [-0.39, 0.29) is 23.7 Å². The largest absolute Gasteiger partial charge is 0.348 e. The van der Waals surface area contributed by atoms with Crippen LogP contribution in [0.1, 0.15) is 26.3 Å². The summed E-state index contributed by atoms with van der Waals surface area (Å²) in [5, 5.41) is 5.09. The number of benzene rings is 3. The molecule has 0 saturated heterocycles. The molecule has 0 fully saturated rings. The number of anilines is 1. The van der Waals surface area contributed by atoms with E-state index in [1.807, 2.05) is 0 Å². The molecular weight excluding hydrogens is 350 g/mol. The zero-order chi connectivity index (χ0) is 19.2. The van der Waals surface area contributed by atoms with Crippen LogP contribution in [-0.4, -0.2) is 11.8 Å². The van der Waals surface area contributed by atoms with Crippen molar-refractivity contribution >= 4 is 17.5 Å². The number of hydrogen-bond donors (Lipinski definition) is 2. The Bertz CT molecular complexity index is 972. The highest BCUT2D eigenvalue weighted by atomic mass is 19.1. The molecule has 0 saturated carbocycles. The Hall–Kier alpha value is -3.54. The lowest BCUT2D eigenvalue weighted by Gasteiger charge is -2.08. The molecule has 0 aliphatic carbocycles. The number of nitrogens with one attached hydrogen (secondary N) is 2. The van der Waals surface area contributed by atoms with E-state index in [9.17, 15) is 18.4 Å². The summed E-state index contributed by atoms with van der Waals surface area (Å²) in [6.45, 7) is 0.0566. The van der Waals surface area contributed by atoms with Gasteiger partial charge in [0.15, 0.2) is 0 Å². The molecule has 27 heavy (non-hydrogen) atoms. The molecule has 3 aromatic rings. The van der Waals surface area contributed by atoms with Gasteiger partial charge in [0, 0.05) is 23.2 Å². The number of para-hydroxylation sites is 1. The van der Waals surface area contributed by atoms with Gasteiger partial charge in [0.05, 0.1) is 5.69 Å². The second kappa shape index (κ2) is 8.23. The first-order valence-electron chi connectivity index (χ1n) is 8.22. The Kier molecular flexibility index (Phi) is 5.56. The van der Waals surface area contributed by atoms with Crippen molar-refractivity contribution < 1.29 is 18.4 Å². The highest BCUT2D eigenvalue weighted by Gasteiger charge is 2.11. The lowest BCUT2D eigenvalue weighted by atomic mass is 10.1. The highest BCUT2D eigenvalue weighted by molar-refractivity contribution is 6.05. The van der Waals surface area contributed by atoms with Crippen LogP contribution in [0.25, 0.3) is 0 Å². The topological polar surface area (TPSA) is 58.2 Å². The van der Waals surface area contributed by atoms with Gasteiger partial charge in [-0.15, -0.1) is 0 Å². The molecule has 4 nitrogen and oxygen atoms in total. The predicted octanol–water partition coefficient (Wildman–Crippen LogP) is 4.15. The van der Waals surface area contributed by atoms with E-state index >= 15 is 0 Å². The van der Waals surface area contributed by atoms with Crippen LogP contribution in [0.5, 0.6) is 0 Å². The summed E-state index contributed by atoms with van der Waals surface area (Å²) in [5.74, 6) is -1.80. The van der Waals surface area contributed by atoms with E-state index in [4.69, 9.17) is 0 Å². The van der Waals surface area contributed by atoms with Crippen molar-refractivity contribution in [1.82, 2.24) is 5.32 Å². The first-order valence-corrected chi connectivity index (χ1v) is 8.22. The third kappa shape index (κ3) is 4.55. The van der Waals surface area contributed by atoms with Crippen molar-refractivity contribution in [2.75, 3.05) is 5.32 Å². The Morgan fingerprint density at radius 1 is 0.704 bits per heavy atom. The maximum Gasteiger partial charge on any atom is 0.255 e. The monoisotopic (exact) mass is 366 g/mol. The van der Waals surface area contributed by atoms with E-state index in [1.54, 1.807) is 24.3 Å². The molecule has 0 aliphatic rings. The van der Waals surface area contributed by atoms with Crippen molar-refractivity contribution in [3.05, 3.63) is 101 Å². The van der Waals surface area contributed by atoms with Crippen LogP contribution in [0.3, 0.4) is 0 Å². The quantitative estimate of drug-likeness (QED) is 0.713. The van der Waals surface area contributed by atoms with Crippen molar-refractivity contribution in [2.45, 2.75) is 6.54 Å². The molecule has 3 rings (SSSR count). The fourth-order valence-corrected chi connectivity index (χ4v) is 2.45. The molecular formula is C21H16F2N2O2. The Balaban J connectivity index is 1.62. The van der Waals surface area contributed by atoms with Gasteiger partial charge >= 0.3 is 0 Å². The molecule has 0 spiro atoms. The minimum Gasteiger partial charge on any atom is -0.348 e. The van der Waals surface area contributed by atoms with Crippen LogP contribution in [0, 0.1) is 11.6 Å². The van der Waals surface area contributed by atoms with Gasteiger partial charge < -0.3 is 10.6 Å². The van der Waals surface area contributed by atoms with Crippen molar-refractivity contribution in [3.63, 3.8) is 0 Å². The summed E-state index contributed by atoms with van der Waals surface area (Å²) in [6, 6.07) is 17.9. The van der Waals surface area contributed by atoms with E-state index in [1.165, 1.54) is 48.5 Å². The van der Waals surface area contributed by atoms with Crippen LogP contribution in [0.4, 0.5) is 14.5 Å². The first kappa shape index (κ1) is 18.3. The van der Waals surface area contributed by atoms with Gasteiger partial charge in [0.2, 0.25) is 0 Å². The molecule has 6 heteroatoms. The van der Waals surface area contributed by atoms with E-state index in [0.717, 1.165) is 0 Å². The summed E-state index contributed by atoms with van der Waals surface area (Å²) < 4.78 is 27.2.